The number of nitrogen functional groups attached to an aromatic ring is 1. The normalized spacial score (nSPS) is 10.6. The molecule has 0 amide bonds. The standard InChI is InChI=1S/C12H16N4/c1-3-4-11-14-12(16-15-11)10-7-9(13)6-5-8(10)2/h5-7H,3-4,13H2,1-2H3,(H,14,15,16). The summed E-state index contributed by atoms with van der Waals surface area (Å²) in [7, 11) is 0. The first-order chi connectivity index (χ1) is 7.70. The molecule has 1 aromatic heterocycles. The Hall–Kier alpha value is -1.84. The Balaban J connectivity index is 2.38. The lowest BCUT2D eigenvalue weighted by atomic mass is 10.1. The van der Waals surface area contributed by atoms with Crippen LogP contribution in [0.4, 0.5) is 5.69 Å². The van der Waals surface area contributed by atoms with Crippen LogP contribution < -0.4 is 5.73 Å². The minimum Gasteiger partial charge on any atom is -0.399 e. The largest absolute Gasteiger partial charge is 0.399 e. The third kappa shape index (κ3) is 2.05. The highest BCUT2D eigenvalue weighted by molar-refractivity contribution is 5.64. The van der Waals surface area contributed by atoms with E-state index in [-0.39, 0.29) is 0 Å². The monoisotopic (exact) mass is 216 g/mol. The second-order valence-electron chi connectivity index (χ2n) is 3.93. The lowest BCUT2D eigenvalue weighted by Crippen LogP contribution is -1.90. The van der Waals surface area contributed by atoms with E-state index in [2.05, 4.69) is 22.1 Å². The summed E-state index contributed by atoms with van der Waals surface area (Å²) in [5.74, 6) is 1.66. The number of hydrogen-bond donors (Lipinski definition) is 2. The molecule has 0 saturated heterocycles. The molecule has 1 heterocycles. The fourth-order valence-electron chi connectivity index (χ4n) is 1.64. The molecule has 0 radical (unpaired) electrons. The number of aryl methyl sites for hydroxylation is 2. The molecule has 0 aliphatic heterocycles. The second kappa shape index (κ2) is 4.35. The second-order valence-corrected chi connectivity index (χ2v) is 3.93. The van der Waals surface area contributed by atoms with Gasteiger partial charge < -0.3 is 5.73 Å². The van der Waals surface area contributed by atoms with Crippen LogP contribution in [0.3, 0.4) is 0 Å². The van der Waals surface area contributed by atoms with Crippen molar-refractivity contribution >= 4 is 5.69 Å². The molecule has 4 heteroatoms. The number of benzene rings is 1. The lowest BCUT2D eigenvalue weighted by Gasteiger charge is -2.02. The van der Waals surface area contributed by atoms with Crippen molar-refractivity contribution in [3.63, 3.8) is 0 Å². The van der Waals surface area contributed by atoms with Gasteiger partial charge in [-0.15, -0.1) is 0 Å². The highest BCUT2D eigenvalue weighted by atomic mass is 15.2. The van der Waals surface area contributed by atoms with Crippen LogP contribution in [0.2, 0.25) is 0 Å². The summed E-state index contributed by atoms with van der Waals surface area (Å²) in [5, 5.41) is 7.17. The molecule has 1 aromatic carbocycles. The predicted molar refractivity (Wildman–Crippen MR) is 65.0 cm³/mol. The first-order valence-electron chi connectivity index (χ1n) is 5.48. The quantitative estimate of drug-likeness (QED) is 0.774. The maximum atomic E-state index is 5.76. The lowest BCUT2D eigenvalue weighted by molar-refractivity contribution is 0.841. The SMILES string of the molecule is CCCc1nc(-c2cc(N)ccc2C)n[nH]1. The van der Waals surface area contributed by atoms with Crippen LogP contribution in [-0.2, 0) is 6.42 Å². The zero-order valence-corrected chi connectivity index (χ0v) is 9.62. The molecular weight excluding hydrogens is 200 g/mol. The number of anilines is 1. The molecule has 16 heavy (non-hydrogen) atoms. The van der Waals surface area contributed by atoms with E-state index in [1.54, 1.807) is 0 Å². The first-order valence-corrected chi connectivity index (χ1v) is 5.48. The molecular formula is C12H16N4. The van der Waals surface area contributed by atoms with Gasteiger partial charge in [0.2, 0.25) is 0 Å². The average Bonchev–Trinajstić information content (AvgIpc) is 2.71. The van der Waals surface area contributed by atoms with Crippen molar-refractivity contribution in [3.05, 3.63) is 29.6 Å². The van der Waals surface area contributed by atoms with Gasteiger partial charge in [0.05, 0.1) is 0 Å². The third-order valence-electron chi connectivity index (χ3n) is 2.52. The molecule has 0 atom stereocenters. The van der Waals surface area contributed by atoms with E-state index in [4.69, 9.17) is 5.73 Å². The number of aromatic amines is 1. The van der Waals surface area contributed by atoms with Gasteiger partial charge in [0.25, 0.3) is 0 Å². The molecule has 84 valence electrons. The van der Waals surface area contributed by atoms with E-state index in [0.29, 0.717) is 0 Å². The third-order valence-corrected chi connectivity index (χ3v) is 2.52. The van der Waals surface area contributed by atoms with Gasteiger partial charge in [-0.05, 0) is 31.0 Å². The van der Waals surface area contributed by atoms with Crippen LogP contribution in [0.15, 0.2) is 18.2 Å². The van der Waals surface area contributed by atoms with Gasteiger partial charge >= 0.3 is 0 Å². The van der Waals surface area contributed by atoms with E-state index in [1.807, 2.05) is 25.1 Å². The first kappa shape index (κ1) is 10.7. The van der Waals surface area contributed by atoms with Crippen LogP contribution in [0.5, 0.6) is 0 Å². The highest BCUT2D eigenvalue weighted by Gasteiger charge is 2.08. The molecule has 2 aromatic rings. The van der Waals surface area contributed by atoms with E-state index in [1.165, 1.54) is 0 Å². The van der Waals surface area contributed by atoms with Crippen molar-refractivity contribution in [2.45, 2.75) is 26.7 Å². The number of hydrogen-bond acceptors (Lipinski definition) is 3. The molecule has 3 N–H and O–H groups in total. The number of H-pyrrole nitrogens is 1. The van der Waals surface area contributed by atoms with Gasteiger partial charge in [-0.25, -0.2) is 4.98 Å². The van der Waals surface area contributed by atoms with Crippen molar-refractivity contribution in [2.24, 2.45) is 0 Å². The Labute approximate surface area is 94.9 Å². The van der Waals surface area contributed by atoms with E-state index in [0.717, 1.165) is 41.3 Å². The van der Waals surface area contributed by atoms with E-state index < -0.39 is 0 Å². The zero-order valence-electron chi connectivity index (χ0n) is 9.62. The Bertz CT molecular complexity index is 488. The molecule has 0 fully saturated rings. The molecule has 0 saturated carbocycles. The smallest absolute Gasteiger partial charge is 0.181 e. The molecule has 0 aliphatic carbocycles. The number of rotatable bonds is 3. The molecule has 4 nitrogen and oxygen atoms in total. The van der Waals surface area contributed by atoms with Crippen LogP contribution in [-0.4, -0.2) is 15.2 Å². The van der Waals surface area contributed by atoms with Crippen molar-refractivity contribution in [1.29, 1.82) is 0 Å². The maximum Gasteiger partial charge on any atom is 0.181 e. The topological polar surface area (TPSA) is 67.6 Å². The van der Waals surface area contributed by atoms with Crippen LogP contribution in [0.25, 0.3) is 11.4 Å². The van der Waals surface area contributed by atoms with Gasteiger partial charge in [0.1, 0.15) is 5.82 Å². The molecule has 0 aliphatic rings. The summed E-state index contributed by atoms with van der Waals surface area (Å²) in [5.41, 5.74) is 8.64. The van der Waals surface area contributed by atoms with Crippen LogP contribution in [0, 0.1) is 6.92 Å². The van der Waals surface area contributed by atoms with Crippen LogP contribution in [0.1, 0.15) is 24.7 Å². The summed E-state index contributed by atoms with van der Waals surface area (Å²) >= 11 is 0. The maximum absolute atomic E-state index is 5.76. The summed E-state index contributed by atoms with van der Waals surface area (Å²) < 4.78 is 0. The van der Waals surface area contributed by atoms with Crippen molar-refractivity contribution in [1.82, 2.24) is 15.2 Å². The Morgan fingerprint density at radius 2 is 2.19 bits per heavy atom. The Kier molecular flexibility index (Phi) is 2.90. The summed E-state index contributed by atoms with van der Waals surface area (Å²) in [6, 6.07) is 5.78. The average molecular weight is 216 g/mol. The van der Waals surface area contributed by atoms with Gasteiger partial charge in [-0.1, -0.05) is 13.0 Å². The minimum absolute atomic E-state index is 0.730. The van der Waals surface area contributed by atoms with Gasteiger partial charge in [-0.2, -0.15) is 5.10 Å². The summed E-state index contributed by atoms with van der Waals surface area (Å²) in [6.45, 7) is 4.15. The highest BCUT2D eigenvalue weighted by Crippen LogP contribution is 2.22. The molecule has 0 bridgehead atoms. The fraction of sp³-hybridized carbons (Fsp3) is 0.333. The zero-order chi connectivity index (χ0) is 11.5. The minimum atomic E-state index is 0.730. The predicted octanol–water partition coefficient (Wildman–Crippen LogP) is 2.31. The fourth-order valence-corrected chi connectivity index (χ4v) is 1.64. The Morgan fingerprint density at radius 3 is 2.94 bits per heavy atom. The number of nitrogens with two attached hydrogens (primary N) is 1. The van der Waals surface area contributed by atoms with Crippen LogP contribution >= 0.6 is 0 Å². The summed E-state index contributed by atoms with van der Waals surface area (Å²) in [4.78, 5) is 4.45. The molecule has 2 rings (SSSR count). The molecule has 0 unspecified atom stereocenters. The summed E-state index contributed by atoms with van der Waals surface area (Å²) in [6.07, 6.45) is 1.99. The number of nitrogens with zero attached hydrogens (tertiary/aromatic N) is 2. The number of nitrogens with one attached hydrogen (secondary N) is 1. The van der Waals surface area contributed by atoms with Gasteiger partial charge in [0.15, 0.2) is 5.82 Å². The van der Waals surface area contributed by atoms with Gasteiger partial charge in [-0.3, -0.25) is 5.10 Å². The van der Waals surface area contributed by atoms with E-state index >= 15 is 0 Å². The Morgan fingerprint density at radius 1 is 1.38 bits per heavy atom. The number of aromatic nitrogens is 3. The molecule has 0 spiro atoms. The van der Waals surface area contributed by atoms with E-state index in [9.17, 15) is 0 Å². The van der Waals surface area contributed by atoms with Gasteiger partial charge in [0, 0.05) is 17.7 Å². The van der Waals surface area contributed by atoms with Crippen molar-refractivity contribution in [2.75, 3.05) is 5.73 Å². The van der Waals surface area contributed by atoms with Crippen molar-refractivity contribution in [3.8, 4) is 11.4 Å². The van der Waals surface area contributed by atoms with Crippen molar-refractivity contribution < 1.29 is 0 Å².